The minimum Gasteiger partial charge on any atom is -0.292 e. The highest BCUT2D eigenvalue weighted by atomic mass is 32.1. The normalized spacial score (nSPS) is 15.9. The molecule has 0 aliphatic heterocycles. The highest BCUT2D eigenvalue weighted by molar-refractivity contribution is 7.80. The van der Waals surface area contributed by atoms with Gasteiger partial charge in [-0.2, -0.15) is 24.0 Å². The van der Waals surface area contributed by atoms with Gasteiger partial charge in [0, 0.05) is 24.9 Å². The Hall–Kier alpha value is -0.250. The van der Waals surface area contributed by atoms with Crippen LogP contribution >= 0.6 is 24.0 Å². The van der Waals surface area contributed by atoms with E-state index in [1.807, 2.05) is 0 Å². The van der Waals surface area contributed by atoms with Gasteiger partial charge >= 0.3 is 0 Å². The van der Waals surface area contributed by atoms with Crippen LogP contribution < -0.4 is 0 Å². The number of hydrogen-bond acceptors (Lipinski definition) is 3. The molecule has 1 aromatic heterocycles. The third-order valence-corrected chi connectivity index (χ3v) is 3.86. The highest BCUT2D eigenvalue weighted by Crippen LogP contribution is 2.29. The Balaban J connectivity index is 1.91. The van der Waals surface area contributed by atoms with Gasteiger partial charge < -0.3 is 0 Å². The van der Waals surface area contributed by atoms with Gasteiger partial charge in [-0.15, -0.1) is 0 Å². The lowest BCUT2D eigenvalue weighted by Gasteiger charge is -2.22. The maximum Gasteiger partial charge on any atom is 0.0248 e. The predicted molar refractivity (Wildman–Crippen MR) is 70.7 cm³/mol. The summed E-state index contributed by atoms with van der Waals surface area (Å²) in [5.74, 6) is 0.798. The molecule has 15 heavy (non-hydrogen) atoms. The molecule has 0 spiro atoms. The number of thiophene rings is 1. The van der Waals surface area contributed by atoms with Gasteiger partial charge in [0.15, 0.2) is 0 Å². The summed E-state index contributed by atoms with van der Waals surface area (Å²) in [7, 11) is 0. The van der Waals surface area contributed by atoms with Crippen molar-refractivity contribution in [1.29, 1.82) is 0 Å². The maximum atomic E-state index is 4.27. The zero-order valence-electron chi connectivity index (χ0n) is 8.85. The molecule has 0 atom stereocenters. The van der Waals surface area contributed by atoms with Crippen LogP contribution in [0, 0.1) is 0 Å². The molecule has 82 valence electrons. The Morgan fingerprint density at radius 3 is 2.93 bits per heavy atom. The molecule has 0 saturated heterocycles. The van der Waals surface area contributed by atoms with E-state index in [0.717, 1.165) is 24.9 Å². The van der Waals surface area contributed by atoms with E-state index >= 15 is 0 Å². The van der Waals surface area contributed by atoms with Gasteiger partial charge in [-0.25, -0.2) is 0 Å². The van der Waals surface area contributed by atoms with Crippen LogP contribution in [0.2, 0.25) is 0 Å². The third kappa shape index (κ3) is 3.37. The maximum absolute atomic E-state index is 4.27. The molecule has 0 radical (unpaired) electrons. The Labute approximate surface area is 101 Å². The zero-order chi connectivity index (χ0) is 10.7. The first-order valence-electron chi connectivity index (χ1n) is 5.32. The van der Waals surface area contributed by atoms with E-state index in [1.165, 1.54) is 24.0 Å². The van der Waals surface area contributed by atoms with Crippen LogP contribution in [0.15, 0.2) is 29.0 Å². The fourth-order valence-electron chi connectivity index (χ4n) is 1.71. The average molecular weight is 239 g/mol. The summed E-state index contributed by atoms with van der Waals surface area (Å²) >= 11 is 6.04. The van der Waals surface area contributed by atoms with Crippen LogP contribution in [0.4, 0.5) is 0 Å². The summed E-state index contributed by atoms with van der Waals surface area (Å²) in [5, 5.41) is 4.38. The molecule has 3 heteroatoms. The lowest BCUT2D eigenvalue weighted by molar-refractivity contribution is 0.278. The summed E-state index contributed by atoms with van der Waals surface area (Å²) in [6.45, 7) is 6.11. The van der Waals surface area contributed by atoms with Gasteiger partial charge in [-0.05, 0) is 35.2 Å². The SMILES string of the molecule is C=C(CS)CN(Cc1ccsc1)C1CC1. The van der Waals surface area contributed by atoms with E-state index in [9.17, 15) is 0 Å². The van der Waals surface area contributed by atoms with Gasteiger partial charge in [-0.1, -0.05) is 12.2 Å². The third-order valence-electron chi connectivity index (χ3n) is 2.68. The summed E-state index contributed by atoms with van der Waals surface area (Å²) in [6, 6.07) is 3.00. The molecule has 1 aromatic rings. The molecule has 0 aromatic carbocycles. The standard InChI is InChI=1S/C12H17NS2/c1-10(8-14)6-13(12-2-3-12)7-11-4-5-15-9-11/h4-5,9,12,14H,1-3,6-8H2. The van der Waals surface area contributed by atoms with E-state index in [-0.39, 0.29) is 0 Å². The molecule has 1 nitrogen and oxygen atoms in total. The second-order valence-corrected chi connectivity index (χ2v) is 5.27. The average Bonchev–Trinajstić information content (AvgIpc) is 2.97. The Bertz CT molecular complexity index is 314. The zero-order valence-corrected chi connectivity index (χ0v) is 10.6. The molecule has 1 fully saturated rings. The predicted octanol–water partition coefficient (Wildman–Crippen LogP) is 3.20. The first kappa shape index (κ1) is 11.2. The van der Waals surface area contributed by atoms with Crippen molar-refractivity contribution < 1.29 is 0 Å². The highest BCUT2D eigenvalue weighted by Gasteiger charge is 2.28. The van der Waals surface area contributed by atoms with Crippen molar-refractivity contribution in [3.63, 3.8) is 0 Å². The lowest BCUT2D eigenvalue weighted by Crippen LogP contribution is -2.27. The first-order chi connectivity index (χ1) is 7.29. The number of nitrogens with zero attached hydrogens (tertiary/aromatic N) is 1. The van der Waals surface area contributed by atoms with Gasteiger partial charge in [-0.3, -0.25) is 4.90 Å². The van der Waals surface area contributed by atoms with Gasteiger partial charge in [0.2, 0.25) is 0 Å². The van der Waals surface area contributed by atoms with Crippen molar-refractivity contribution in [3.8, 4) is 0 Å². The minimum absolute atomic E-state index is 0.793. The summed E-state index contributed by atoms with van der Waals surface area (Å²) < 4.78 is 0. The molecule has 0 N–H and O–H groups in total. The van der Waals surface area contributed by atoms with Crippen molar-refractivity contribution in [2.75, 3.05) is 12.3 Å². The Kier molecular flexibility index (Phi) is 3.89. The van der Waals surface area contributed by atoms with Crippen LogP contribution in [0.3, 0.4) is 0 Å². The van der Waals surface area contributed by atoms with Crippen molar-refractivity contribution in [2.24, 2.45) is 0 Å². The summed E-state index contributed by atoms with van der Waals surface area (Å²) in [4.78, 5) is 2.53. The summed E-state index contributed by atoms with van der Waals surface area (Å²) in [6.07, 6.45) is 2.70. The van der Waals surface area contributed by atoms with E-state index in [1.54, 1.807) is 11.3 Å². The van der Waals surface area contributed by atoms with E-state index in [4.69, 9.17) is 0 Å². The van der Waals surface area contributed by atoms with E-state index in [0.29, 0.717) is 0 Å². The van der Waals surface area contributed by atoms with E-state index in [2.05, 4.69) is 40.9 Å². The molecule has 1 aliphatic carbocycles. The lowest BCUT2D eigenvalue weighted by atomic mass is 10.2. The molecule has 0 unspecified atom stereocenters. The quantitative estimate of drug-likeness (QED) is 0.589. The molecule has 1 heterocycles. The van der Waals surface area contributed by atoms with Gasteiger partial charge in [0.1, 0.15) is 0 Å². The topological polar surface area (TPSA) is 3.24 Å². The molecule has 2 rings (SSSR count). The van der Waals surface area contributed by atoms with Crippen molar-refractivity contribution in [3.05, 3.63) is 34.5 Å². The first-order valence-corrected chi connectivity index (χ1v) is 6.89. The second kappa shape index (κ2) is 5.19. The van der Waals surface area contributed by atoms with Crippen molar-refractivity contribution in [2.45, 2.75) is 25.4 Å². The molecular weight excluding hydrogens is 222 g/mol. The molecule has 0 bridgehead atoms. The van der Waals surface area contributed by atoms with Gasteiger partial charge in [0.05, 0.1) is 0 Å². The Morgan fingerprint density at radius 1 is 1.60 bits per heavy atom. The molecule has 1 saturated carbocycles. The van der Waals surface area contributed by atoms with Crippen LogP contribution in [0.5, 0.6) is 0 Å². The second-order valence-electron chi connectivity index (χ2n) is 4.18. The number of hydrogen-bond donors (Lipinski definition) is 1. The smallest absolute Gasteiger partial charge is 0.0248 e. The summed E-state index contributed by atoms with van der Waals surface area (Å²) in [5.41, 5.74) is 2.65. The fourth-order valence-corrected chi connectivity index (χ4v) is 2.47. The number of thiol groups is 1. The number of rotatable bonds is 6. The minimum atomic E-state index is 0.793. The van der Waals surface area contributed by atoms with Gasteiger partial charge in [0.25, 0.3) is 0 Å². The van der Waals surface area contributed by atoms with Crippen LogP contribution in [-0.2, 0) is 6.54 Å². The van der Waals surface area contributed by atoms with Crippen LogP contribution in [0.1, 0.15) is 18.4 Å². The van der Waals surface area contributed by atoms with Crippen LogP contribution in [-0.4, -0.2) is 23.2 Å². The largest absolute Gasteiger partial charge is 0.292 e. The van der Waals surface area contributed by atoms with E-state index < -0.39 is 0 Å². The van der Waals surface area contributed by atoms with Crippen LogP contribution in [0.25, 0.3) is 0 Å². The van der Waals surface area contributed by atoms with Crippen molar-refractivity contribution >= 4 is 24.0 Å². The van der Waals surface area contributed by atoms with Crippen molar-refractivity contribution in [1.82, 2.24) is 4.90 Å². The fraction of sp³-hybridized carbons (Fsp3) is 0.500. The Morgan fingerprint density at radius 2 is 2.40 bits per heavy atom. The molecule has 0 amide bonds. The monoisotopic (exact) mass is 239 g/mol. The molecule has 1 aliphatic rings. The molecular formula is C12H17NS2.